The fourth-order valence-electron chi connectivity index (χ4n) is 6.29. The van der Waals surface area contributed by atoms with Crippen LogP contribution < -0.4 is 0 Å². The molecule has 0 saturated heterocycles. The number of allylic oxidation sites excluding steroid dienone is 5. The standard InChI is InChI=1S/C45H37I/c1-31-15-11-12-20-40(31)42-30-39(25-23-32(42)2)46-44-22-14-13-21-41(44)43-29-37(24-26-45(43)46)38(27-33(3)35-16-7-5-8-17-35)28-34(4)36-18-9-6-10-19-36/h5-30H,3H2,1-2,4H3/b34-28+,38-27+. The first kappa shape index (κ1) is 30.0. The number of rotatable bonds is 7. The Morgan fingerprint density at radius 1 is 0.500 bits per heavy atom. The number of fused-ring (bicyclic) bond motifs is 3. The average Bonchev–Trinajstić information content (AvgIpc) is 3.43. The van der Waals surface area contributed by atoms with E-state index in [0.29, 0.717) is 0 Å². The molecule has 1 aliphatic rings. The van der Waals surface area contributed by atoms with Crippen molar-refractivity contribution in [2.75, 3.05) is 0 Å². The van der Waals surface area contributed by atoms with Gasteiger partial charge in [-0.3, -0.25) is 0 Å². The Bertz CT molecular complexity index is 2130. The Kier molecular flexibility index (Phi) is 8.43. The minimum absolute atomic E-state index is 1.01. The zero-order valence-electron chi connectivity index (χ0n) is 26.6. The van der Waals surface area contributed by atoms with Crippen molar-refractivity contribution >= 4 is 36.5 Å². The summed E-state index contributed by atoms with van der Waals surface area (Å²) in [6.07, 6.45) is 4.56. The quantitative estimate of drug-likeness (QED) is 0.114. The van der Waals surface area contributed by atoms with E-state index in [9.17, 15) is 0 Å². The molecule has 0 unspecified atom stereocenters. The second-order valence-corrected chi connectivity index (χ2v) is 17.1. The zero-order chi connectivity index (χ0) is 31.6. The third-order valence-corrected chi connectivity index (χ3v) is 14.9. The van der Waals surface area contributed by atoms with Crippen LogP contribution in [0.4, 0.5) is 0 Å². The van der Waals surface area contributed by atoms with E-state index in [-0.39, 0.29) is 0 Å². The summed E-state index contributed by atoms with van der Waals surface area (Å²) in [5, 5.41) is 0. The number of aryl methyl sites for hydroxylation is 2. The Balaban J connectivity index is 1.36. The van der Waals surface area contributed by atoms with Crippen LogP contribution in [0.1, 0.15) is 34.7 Å². The summed E-state index contributed by atoms with van der Waals surface area (Å²) in [5.41, 5.74) is 15.0. The van der Waals surface area contributed by atoms with Gasteiger partial charge in [0.2, 0.25) is 0 Å². The van der Waals surface area contributed by atoms with E-state index in [0.717, 1.165) is 11.1 Å². The van der Waals surface area contributed by atoms with Crippen LogP contribution >= 0.6 is 19.8 Å². The summed E-state index contributed by atoms with van der Waals surface area (Å²) < 4.78 is 4.52. The number of halogens is 1. The Morgan fingerprint density at radius 3 is 1.85 bits per heavy atom. The zero-order valence-corrected chi connectivity index (χ0v) is 28.8. The van der Waals surface area contributed by atoms with Gasteiger partial charge in [0, 0.05) is 0 Å². The van der Waals surface area contributed by atoms with E-state index in [4.69, 9.17) is 0 Å². The SMILES string of the molecule is C=C(/C=C(\C=C(/C)c1ccccc1)c1ccc2c(c1)-c1ccccc1I2c1ccc(C)c(-c2ccccc2C)c1)c1ccccc1. The molecule has 6 aromatic rings. The van der Waals surface area contributed by atoms with Crippen LogP contribution in [-0.2, 0) is 0 Å². The Morgan fingerprint density at radius 2 is 1.11 bits per heavy atom. The molecule has 7 rings (SSSR count). The Labute approximate surface area is 280 Å². The van der Waals surface area contributed by atoms with Crippen molar-refractivity contribution in [2.24, 2.45) is 0 Å². The second kappa shape index (κ2) is 12.9. The predicted octanol–water partition coefficient (Wildman–Crippen LogP) is 12.6. The van der Waals surface area contributed by atoms with Crippen LogP contribution in [0.5, 0.6) is 0 Å². The molecule has 224 valence electrons. The number of hydrogen-bond donors (Lipinski definition) is 0. The maximum atomic E-state index is 4.48. The molecular weight excluding hydrogens is 667 g/mol. The van der Waals surface area contributed by atoms with Gasteiger partial charge in [-0.25, -0.2) is 0 Å². The average molecular weight is 705 g/mol. The van der Waals surface area contributed by atoms with Crippen molar-refractivity contribution in [1.29, 1.82) is 0 Å². The van der Waals surface area contributed by atoms with Gasteiger partial charge in [-0.1, -0.05) is 0 Å². The first-order valence-corrected chi connectivity index (χ1v) is 19.0. The molecule has 6 aromatic carbocycles. The molecule has 0 atom stereocenters. The second-order valence-electron chi connectivity index (χ2n) is 11.9. The third kappa shape index (κ3) is 5.84. The molecule has 0 spiro atoms. The molecule has 0 amide bonds. The van der Waals surface area contributed by atoms with Crippen LogP contribution in [0, 0.1) is 24.6 Å². The monoisotopic (exact) mass is 704 g/mol. The van der Waals surface area contributed by atoms with E-state index in [1.807, 2.05) is 0 Å². The minimum atomic E-state index is -1.92. The van der Waals surface area contributed by atoms with E-state index in [1.54, 1.807) is 0 Å². The number of hydrogen-bond acceptors (Lipinski definition) is 0. The fraction of sp³-hybridized carbons (Fsp3) is 0.0667. The molecule has 0 aromatic heterocycles. The van der Waals surface area contributed by atoms with Crippen LogP contribution in [0.15, 0.2) is 164 Å². The van der Waals surface area contributed by atoms with Gasteiger partial charge in [-0.15, -0.1) is 0 Å². The molecule has 0 N–H and O–H groups in total. The van der Waals surface area contributed by atoms with Gasteiger partial charge in [-0.2, -0.15) is 0 Å². The van der Waals surface area contributed by atoms with Gasteiger partial charge in [0.25, 0.3) is 0 Å². The molecule has 0 saturated carbocycles. The summed E-state index contributed by atoms with van der Waals surface area (Å²) in [4.78, 5) is 0. The van der Waals surface area contributed by atoms with Crippen LogP contribution in [0.2, 0.25) is 0 Å². The van der Waals surface area contributed by atoms with Gasteiger partial charge in [0.05, 0.1) is 0 Å². The van der Waals surface area contributed by atoms with E-state index >= 15 is 0 Å². The van der Waals surface area contributed by atoms with Crippen LogP contribution in [0.25, 0.3) is 39.0 Å². The molecule has 0 nitrogen and oxygen atoms in total. The summed E-state index contributed by atoms with van der Waals surface area (Å²) in [7, 11) is 0. The molecule has 46 heavy (non-hydrogen) atoms. The first-order chi connectivity index (χ1) is 22.5. The summed E-state index contributed by atoms with van der Waals surface area (Å²) >= 11 is -1.92. The van der Waals surface area contributed by atoms with E-state index in [2.05, 4.69) is 185 Å². The Hall–Kier alpha value is -4.73. The molecule has 0 radical (unpaired) electrons. The predicted molar refractivity (Wildman–Crippen MR) is 207 cm³/mol. The van der Waals surface area contributed by atoms with Crippen molar-refractivity contribution in [3.05, 3.63) is 203 Å². The van der Waals surface area contributed by atoms with Gasteiger partial charge in [0.1, 0.15) is 0 Å². The van der Waals surface area contributed by atoms with Gasteiger partial charge >= 0.3 is 282 Å². The normalized spacial score (nSPS) is 13.3. The summed E-state index contributed by atoms with van der Waals surface area (Å²) in [5.74, 6) is 0. The molecule has 0 aliphatic carbocycles. The molecule has 1 aliphatic heterocycles. The maximum absolute atomic E-state index is 4.48. The van der Waals surface area contributed by atoms with Crippen molar-refractivity contribution in [1.82, 2.24) is 0 Å². The van der Waals surface area contributed by atoms with Gasteiger partial charge in [-0.05, 0) is 0 Å². The molecule has 1 heterocycles. The van der Waals surface area contributed by atoms with Gasteiger partial charge in [0.15, 0.2) is 0 Å². The van der Waals surface area contributed by atoms with E-state index in [1.165, 1.54) is 66.4 Å². The molecule has 0 fully saturated rings. The van der Waals surface area contributed by atoms with Crippen molar-refractivity contribution in [3.63, 3.8) is 0 Å². The topological polar surface area (TPSA) is 0 Å². The van der Waals surface area contributed by atoms with E-state index < -0.39 is 19.8 Å². The van der Waals surface area contributed by atoms with Gasteiger partial charge < -0.3 is 0 Å². The fourth-order valence-corrected chi connectivity index (χ4v) is 12.6. The number of benzene rings is 6. The van der Waals surface area contributed by atoms with Crippen LogP contribution in [-0.4, -0.2) is 0 Å². The van der Waals surface area contributed by atoms with Crippen molar-refractivity contribution in [2.45, 2.75) is 20.8 Å². The molecule has 0 bridgehead atoms. The third-order valence-electron chi connectivity index (χ3n) is 8.80. The first-order valence-electron chi connectivity index (χ1n) is 15.8. The summed E-state index contributed by atoms with van der Waals surface area (Å²) in [6.45, 7) is 11.1. The van der Waals surface area contributed by atoms with Crippen molar-refractivity contribution in [3.8, 4) is 22.3 Å². The molecular formula is C45H37I. The summed E-state index contributed by atoms with van der Waals surface area (Å²) in [6, 6.07) is 53.4. The van der Waals surface area contributed by atoms with Crippen molar-refractivity contribution < 1.29 is 0 Å². The van der Waals surface area contributed by atoms with Crippen LogP contribution in [0.3, 0.4) is 0 Å². The molecule has 1 heteroatoms.